The zero-order valence-corrected chi connectivity index (χ0v) is 33.8. The minimum atomic E-state index is -0.179. The average Bonchev–Trinajstić information content (AvgIpc) is 3.92. The second-order valence-corrected chi connectivity index (χ2v) is 17.0. The van der Waals surface area contributed by atoms with Crippen molar-refractivity contribution >= 4 is 77.9 Å². The van der Waals surface area contributed by atoms with E-state index in [0.29, 0.717) is 0 Å². The van der Waals surface area contributed by atoms with Gasteiger partial charge in [-0.05, 0) is 130 Å². The normalized spacial score (nSPS) is 13.8. The highest BCUT2D eigenvalue weighted by molar-refractivity contribution is 6.17. The summed E-state index contributed by atoms with van der Waals surface area (Å²) in [7, 11) is 0. The predicted molar refractivity (Wildman–Crippen MR) is 254 cm³/mol. The van der Waals surface area contributed by atoms with Gasteiger partial charge in [0.05, 0.1) is 16.7 Å². The largest absolute Gasteiger partial charge is 0.456 e. The van der Waals surface area contributed by atoms with Crippen LogP contribution in [-0.2, 0) is 5.41 Å². The third-order valence-corrected chi connectivity index (χ3v) is 13.3. The Kier molecular flexibility index (Phi) is 7.04. The molecule has 0 atom stereocenters. The molecule has 9 aromatic carbocycles. The molecule has 0 amide bonds. The molecule has 0 saturated carbocycles. The van der Waals surface area contributed by atoms with Crippen molar-refractivity contribution in [3.8, 4) is 27.9 Å². The van der Waals surface area contributed by atoms with Crippen molar-refractivity contribution in [3.63, 3.8) is 0 Å². The lowest BCUT2D eigenvalue weighted by molar-refractivity contribution is 0.660. The van der Waals surface area contributed by atoms with Crippen LogP contribution in [0, 0.1) is 0 Å². The number of anilines is 6. The Bertz CT molecular complexity index is 3590. The van der Waals surface area contributed by atoms with Crippen LogP contribution in [0.3, 0.4) is 0 Å². The van der Waals surface area contributed by atoms with Crippen LogP contribution >= 0.6 is 0 Å². The van der Waals surface area contributed by atoms with E-state index in [-0.39, 0.29) is 5.41 Å². The molecule has 0 radical (unpaired) electrons. The van der Waals surface area contributed by atoms with Gasteiger partial charge in [-0.3, -0.25) is 0 Å². The zero-order chi connectivity index (χ0) is 40.4. The Hall–Kier alpha value is -7.82. The fraction of sp³-hybridized carbons (Fsp3) is 0.0526. The van der Waals surface area contributed by atoms with Crippen molar-refractivity contribution in [1.29, 1.82) is 0 Å². The molecule has 0 saturated heterocycles. The Labute approximate surface area is 353 Å². The van der Waals surface area contributed by atoms with E-state index in [1.165, 1.54) is 44.1 Å². The number of benzene rings is 9. The van der Waals surface area contributed by atoms with Gasteiger partial charge in [-0.1, -0.05) is 111 Å². The Morgan fingerprint density at radius 1 is 0.377 bits per heavy atom. The molecule has 8 bridgehead atoms. The molecule has 13 rings (SSSR count). The molecule has 0 unspecified atom stereocenters. The molecule has 3 heterocycles. The van der Waals surface area contributed by atoms with E-state index in [1.54, 1.807) is 0 Å². The van der Waals surface area contributed by atoms with Gasteiger partial charge >= 0.3 is 0 Å². The standard InChI is InChI=1S/C57H39N3O/c1-57(2)49-29-26-41-33-47(49)48-34-42(27-30-50(48)57)59(52-22-12-23-53-56(52)46-20-6-8-21-51(46)60(53)38-15-4-3-5-16-38)40-18-11-14-37(32-40)36-13-10-17-39(31-36)58(41)43-25-28-45-44-19-7-9-24-54(44)61-55(45)35-43/h3-35H,1-2H3. The van der Waals surface area contributed by atoms with Crippen LogP contribution in [0.4, 0.5) is 34.1 Å². The number of hydrogen-bond acceptors (Lipinski definition) is 3. The van der Waals surface area contributed by atoms with Crippen molar-refractivity contribution < 1.29 is 4.42 Å². The van der Waals surface area contributed by atoms with Gasteiger partial charge in [0, 0.05) is 67.2 Å². The number of hydrogen-bond donors (Lipinski definition) is 0. The first-order valence-electron chi connectivity index (χ1n) is 21.1. The minimum absolute atomic E-state index is 0.179. The van der Waals surface area contributed by atoms with Crippen LogP contribution in [0.1, 0.15) is 25.0 Å². The van der Waals surface area contributed by atoms with Gasteiger partial charge in [0.1, 0.15) is 11.2 Å². The van der Waals surface area contributed by atoms with Crippen molar-refractivity contribution in [2.45, 2.75) is 19.3 Å². The van der Waals surface area contributed by atoms with Gasteiger partial charge in [0.25, 0.3) is 0 Å². The molecule has 61 heavy (non-hydrogen) atoms. The van der Waals surface area contributed by atoms with Gasteiger partial charge in [-0.15, -0.1) is 0 Å². The lowest BCUT2D eigenvalue weighted by atomic mass is 9.82. The summed E-state index contributed by atoms with van der Waals surface area (Å²) in [5, 5.41) is 4.69. The Morgan fingerprint density at radius 3 is 1.67 bits per heavy atom. The topological polar surface area (TPSA) is 24.6 Å². The van der Waals surface area contributed by atoms with Crippen LogP contribution in [0.2, 0.25) is 0 Å². The van der Waals surface area contributed by atoms with Crippen molar-refractivity contribution in [3.05, 3.63) is 211 Å². The summed E-state index contributed by atoms with van der Waals surface area (Å²) in [6.07, 6.45) is 0. The van der Waals surface area contributed by atoms with E-state index in [1.807, 2.05) is 12.1 Å². The van der Waals surface area contributed by atoms with Crippen molar-refractivity contribution in [2.75, 3.05) is 9.80 Å². The zero-order valence-electron chi connectivity index (χ0n) is 33.8. The van der Waals surface area contributed by atoms with Crippen molar-refractivity contribution in [1.82, 2.24) is 4.57 Å². The van der Waals surface area contributed by atoms with Crippen LogP contribution < -0.4 is 9.80 Å². The second kappa shape index (κ2) is 12.6. The van der Waals surface area contributed by atoms with Gasteiger partial charge in [0.15, 0.2) is 0 Å². The monoisotopic (exact) mass is 781 g/mol. The quantitative estimate of drug-likeness (QED) is 0.178. The van der Waals surface area contributed by atoms with E-state index in [0.717, 1.165) is 72.9 Å². The highest BCUT2D eigenvalue weighted by Crippen LogP contribution is 2.54. The van der Waals surface area contributed by atoms with Crippen molar-refractivity contribution in [2.24, 2.45) is 0 Å². The molecule has 4 heteroatoms. The van der Waals surface area contributed by atoms with Crippen LogP contribution in [0.15, 0.2) is 205 Å². The molecular weight excluding hydrogens is 743 g/mol. The SMILES string of the molecule is CC1(C)c2ccc3cc2-c2cc(ccc21)N(c1cccc2c1c1ccccc1n2-c1ccccc1)c1cccc(c1)-c1cccc(c1)N3c1ccc2c(c1)oc1ccccc12. The lowest BCUT2D eigenvalue weighted by Gasteiger charge is -2.29. The van der Waals surface area contributed by atoms with E-state index >= 15 is 0 Å². The average molecular weight is 782 g/mol. The summed E-state index contributed by atoms with van der Waals surface area (Å²) in [5.41, 5.74) is 19.2. The summed E-state index contributed by atoms with van der Waals surface area (Å²) < 4.78 is 8.87. The van der Waals surface area contributed by atoms with Gasteiger partial charge in [-0.25, -0.2) is 0 Å². The maximum Gasteiger partial charge on any atom is 0.137 e. The highest BCUT2D eigenvalue weighted by Gasteiger charge is 2.37. The molecule has 1 aliphatic carbocycles. The first-order chi connectivity index (χ1) is 30.0. The number of fused-ring (bicyclic) bond motifs is 13. The molecule has 11 aromatic rings. The molecule has 0 spiro atoms. The first-order valence-corrected chi connectivity index (χ1v) is 21.1. The number of aromatic nitrogens is 1. The number of furan rings is 1. The molecule has 2 aromatic heterocycles. The lowest BCUT2D eigenvalue weighted by Crippen LogP contribution is -2.16. The Morgan fingerprint density at radius 2 is 0.918 bits per heavy atom. The third kappa shape index (κ3) is 4.93. The van der Waals surface area contributed by atoms with Crippen LogP contribution in [0.25, 0.3) is 71.7 Å². The molecule has 0 N–H and O–H groups in total. The summed E-state index contributed by atoms with van der Waals surface area (Å²) >= 11 is 0. The van der Waals surface area contributed by atoms with E-state index in [2.05, 4.69) is 216 Å². The van der Waals surface area contributed by atoms with Crippen LogP contribution in [-0.4, -0.2) is 4.57 Å². The van der Waals surface area contributed by atoms with Gasteiger partial charge in [0.2, 0.25) is 0 Å². The molecule has 2 aliphatic rings. The van der Waals surface area contributed by atoms with E-state index in [9.17, 15) is 0 Å². The summed E-state index contributed by atoms with van der Waals surface area (Å²) in [4.78, 5) is 4.86. The number of rotatable bonds is 3. The summed E-state index contributed by atoms with van der Waals surface area (Å²) in [6.45, 7) is 4.73. The second-order valence-electron chi connectivity index (χ2n) is 17.0. The predicted octanol–water partition coefficient (Wildman–Crippen LogP) is 15.9. The maximum absolute atomic E-state index is 6.46. The summed E-state index contributed by atoms with van der Waals surface area (Å²) in [5.74, 6) is 0. The molecule has 0 fully saturated rings. The fourth-order valence-electron chi connectivity index (χ4n) is 10.4. The molecule has 288 valence electrons. The van der Waals surface area contributed by atoms with Crippen LogP contribution in [0.5, 0.6) is 0 Å². The third-order valence-electron chi connectivity index (χ3n) is 13.3. The van der Waals surface area contributed by atoms with E-state index in [4.69, 9.17) is 4.42 Å². The number of nitrogens with zero attached hydrogens (tertiary/aromatic N) is 3. The molecular formula is C57H39N3O. The molecule has 1 aliphatic heterocycles. The minimum Gasteiger partial charge on any atom is -0.456 e. The Balaban J connectivity index is 1.08. The number of para-hydroxylation sites is 3. The van der Waals surface area contributed by atoms with Gasteiger partial charge in [-0.2, -0.15) is 0 Å². The first kappa shape index (κ1) is 34.1. The smallest absolute Gasteiger partial charge is 0.137 e. The summed E-state index contributed by atoms with van der Waals surface area (Å²) in [6, 6.07) is 73.4. The van der Waals surface area contributed by atoms with E-state index < -0.39 is 0 Å². The fourth-order valence-corrected chi connectivity index (χ4v) is 10.4. The highest BCUT2D eigenvalue weighted by atomic mass is 16.3. The van der Waals surface area contributed by atoms with Gasteiger partial charge < -0.3 is 18.8 Å². The molecule has 4 nitrogen and oxygen atoms in total. The maximum atomic E-state index is 6.46.